The van der Waals surface area contributed by atoms with Gasteiger partial charge in [0.05, 0.1) is 18.3 Å². The number of rotatable bonds is 1. The molecule has 0 amide bonds. The van der Waals surface area contributed by atoms with E-state index in [4.69, 9.17) is 18.9 Å². The van der Waals surface area contributed by atoms with Gasteiger partial charge in [0, 0.05) is 12.8 Å². The van der Waals surface area contributed by atoms with Crippen molar-refractivity contribution in [2.24, 2.45) is 17.8 Å². The maximum absolute atomic E-state index is 14.1. The van der Waals surface area contributed by atoms with Crippen LogP contribution in [0.15, 0.2) is 58.7 Å². The van der Waals surface area contributed by atoms with E-state index >= 15 is 0 Å². The SMILES string of the molecule is C/C=C(\C)[C@H]1O[C@@]2(C[C@@H]3C[C@@H](C/C=C(/C)C[C@@H](C)/C=C\C=C4\C(C)OC5[C@H](O)C(C)=C[C@@H](C(=O)O3)[C@]45O)O2)[C@H](O)C[C@@H]1C. The summed E-state index contributed by atoms with van der Waals surface area (Å²) in [5.41, 5.74) is 1.59. The second-order valence-corrected chi connectivity index (χ2v) is 13.7. The van der Waals surface area contributed by atoms with Crippen molar-refractivity contribution < 1.29 is 39.1 Å². The van der Waals surface area contributed by atoms with Gasteiger partial charge in [-0.25, -0.2) is 0 Å². The van der Waals surface area contributed by atoms with Gasteiger partial charge in [-0.15, -0.1) is 0 Å². The van der Waals surface area contributed by atoms with Gasteiger partial charge >= 0.3 is 5.97 Å². The molecule has 8 nitrogen and oxygen atoms in total. The molecule has 5 aliphatic rings. The molecule has 4 aliphatic heterocycles. The standard InChI is InChI=1S/C35H50O8/c1-8-21(4)31-23(6)16-29(36)34(43-31)18-26-17-25(42-34)13-12-20(3)14-19(2)10-9-11-27-24(7)40-32-30(37)22(5)15-28(33(38)41-26)35(27,32)39/h8-12,15,19,23-26,28-32,36-37,39H,13-14,16-18H2,1-7H3/b10-9-,20-12-,21-8+,27-11-/t19-,23-,24?,25+,26-,28-,29+,30+,31+,32?,34-,35+/m0/s1. The highest BCUT2D eigenvalue weighted by atomic mass is 16.7. The summed E-state index contributed by atoms with van der Waals surface area (Å²) in [6.45, 7) is 13.9. The first-order chi connectivity index (χ1) is 20.3. The fraction of sp³-hybridized carbons (Fsp3) is 0.686. The summed E-state index contributed by atoms with van der Waals surface area (Å²) < 4.78 is 25.6. The number of allylic oxidation sites excluding steroid dienone is 5. The monoisotopic (exact) mass is 598 g/mol. The molecule has 8 heteroatoms. The lowest BCUT2D eigenvalue weighted by molar-refractivity contribution is -0.363. The van der Waals surface area contributed by atoms with Crippen LogP contribution in [0.3, 0.4) is 0 Å². The third-order valence-electron chi connectivity index (χ3n) is 10.2. The number of hydrogen-bond donors (Lipinski definition) is 3. The van der Waals surface area contributed by atoms with E-state index in [1.54, 1.807) is 13.0 Å². The lowest BCUT2D eigenvalue weighted by atomic mass is 9.70. The Hall–Kier alpha value is -2.07. The Morgan fingerprint density at radius 2 is 1.84 bits per heavy atom. The van der Waals surface area contributed by atoms with Crippen LogP contribution in [0.4, 0.5) is 0 Å². The second kappa shape index (κ2) is 12.4. The molecule has 1 spiro atoms. The number of carbonyl (C=O) groups excluding carboxylic acids is 1. The molecule has 4 heterocycles. The van der Waals surface area contributed by atoms with Gasteiger partial charge in [0.15, 0.2) is 5.79 Å². The Bertz CT molecular complexity index is 1230. The number of aliphatic hydroxyl groups is 3. The van der Waals surface area contributed by atoms with E-state index < -0.39 is 53.8 Å². The van der Waals surface area contributed by atoms with Crippen LogP contribution < -0.4 is 0 Å². The van der Waals surface area contributed by atoms with E-state index in [1.807, 2.05) is 39.0 Å². The Kier molecular flexibility index (Phi) is 9.30. The number of aliphatic hydroxyl groups excluding tert-OH is 2. The highest BCUT2D eigenvalue weighted by Crippen LogP contribution is 2.49. The smallest absolute Gasteiger partial charge is 0.316 e. The lowest BCUT2D eigenvalue weighted by Gasteiger charge is -2.52. The molecular weight excluding hydrogens is 548 g/mol. The summed E-state index contributed by atoms with van der Waals surface area (Å²) >= 11 is 0. The van der Waals surface area contributed by atoms with E-state index in [9.17, 15) is 20.1 Å². The summed E-state index contributed by atoms with van der Waals surface area (Å²) in [5, 5.41) is 34.7. The molecule has 238 valence electrons. The topological polar surface area (TPSA) is 115 Å². The average Bonchev–Trinajstić information content (AvgIpc) is 3.21. The molecule has 3 N–H and O–H groups in total. The van der Waals surface area contributed by atoms with Gasteiger partial charge in [0.25, 0.3) is 0 Å². The lowest BCUT2D eigenvalue weighted by Crippen LogP contribution is -2.62. The molecule has 0 aromatic rings. The van der Waals surface area contributed by atoms with Crippen LogP contribution >= 0.6 is 0 Å². The molecule has 0 radical (unpaired) electrons. The van der Waals surface area contributed by atoms with Crippen molar-refractivity contribution in [1.29, 1.82) is 0 Å². The highest BCUT2D eigenvalue weighted by molar-refractivity contribution is 5.78. The maximum Gasteiger partial charge on any atom is 0.316 e. The maximum atomic E-state index is 14.1. The minimum Gasteiger partial charge on any atom is -0.462 e. The molecule has 2 bridgehead atoms. The second-order valence-electron chi connectivity index (χ2n) is 13.7. The van der Waals surface area contributed by atoms with E-state index in [0.29, 0.717) is 30.4 Å². The van der Waals surface area contributed by atoms with Crippen LogP contribution in [-0.2, 0) is 23.7 Å². The molecule has 0 saturated carbocycles. The van der Waals surface area contributed by atoms with Crippen molar-refractivity contribution in [1.82, 2.24) is 0 Å². The van der Waals surface area contributed by atoms with Gasteiger partial charge in [-0.2, -0.15) is 0 Å². The zero-order chi connectivity index (χ0) is 31.3. The van der Waals surface area contributed by atoms with Gasteiger partial charge in [-0.05, 0) is 82.4 Å². The van der Waals surface area contributed by atoms with Crippen LogP contribution in [0.5, 0.6) is 0 Å². The average molecular weight is 599 g/mol. The molecule has 2 unspecified atom stereocenters. The zero-order valence-electron chi connectivity index (χ0n) is 26.7. The van der Waals surface area contributed by atoms with Gasteiger partial charge in [0.1, 0.15) is 35.9 Å². The molecule has 1 aliphatic carbocycles. The van der Waals surface area contributed by atoms with Crippen LogP contribution in [-0.4, -0.2) is 75.4 Å². The quantitative estimate of drug-likeness (QED) is 0.290. The summed E-state index contributed by atoms with van der Waals surface area (Å²) in [5.74, 6) is -2.69. The Morgan fingerprint density at radius 3 is 2.56 bits per heavy atom. The van der Waals surface area contributed by atoms with Crippen molar-refractivity contribution in [3.63, 3.8) is 0 Å². The molecule has 0 aromatic carbocycles. The van der Waals surface area contributed by atoms with Crippen molar-refractivity contribution in [2.75, 3.05) is 0 Å². The van der Waals surface area contributed by atoms with Crippen molar-refractivity contribution in [3.05, 3.63) is 58.7 Å². The number of carbonyl (C=O) groups is 1. The van der Waals surface area contributed by atoms with E-state index in [1.165, 1.54) is 5.57 Å². The van der Waals surface area contributed by atoms with Gasteiger partial charge < -0.3 is 34.3 Å². The predicted octanol–water partition coefficient (Wildman–Crippen LogP) is 4.84. The molecule has 5 rings (SSSR count). The first-order valence-corrected chi connectivity index (χ1v) is 15.9. The molecular formula is C35H50O8. The Labute approximate surface area is 256 Å². The van der Waals surface area contributed by atoms with E-state index in [-0.39, 0.29) is 30.5 Å². The van der Waals surface area contributed by atoms with Crippen molar-refractivity contribution >= 4 is 5.97 Å². The normalized spacial score (nSPS) is 49.2. The first kappa shape index (κ1) is 32.3. The fourth-order valence-corrected chi connectivity index (χ4v) is 7.75. The Morgan fingerprint density at radius 1 is 1.09 bits per heavy atom. The van der Waals surface area contributed by atoms with Crippen molar-refractivity contribution in [2.45, 2.75) is 135 Å². The van der Waals surface area contributed by atoms with E-state index in [2.05, 4.69) is 32.9 Å². The number of ether oxygens (including phenoxy) is 4. The molecule has 3 fully saturated rings. The highest BCUT2D eigenvalue weighted by Gasteiger charge is 2.62. The molecule has 0 aromatic heterocycles. The molecule has 43 heavy (non-hydrogen) atoms. The number of esters is 1. The van der Waals surface area contributed by atoms with Gasteiger partial charge in [-0.1, -0.05) is 55.9 Å². The number of fused-ring (bicyclic) bond motifs is 2. The summed E-state index contributed by atoms with van der Waals surface area (Å²) in [6.07, 6.45) is 9.51. The Balaban J connectivity index is 1.55. The zero-order valence-corrected chi connectivity index (χ0v) is 26.7. The number of hydrogen-bond acceptors (Lipinski definition) is 8. The predicted molar refractivity (Wildman–Crippen MR) is 163 cm³/mol. The first-order valence-electron chi connectivity index (χ1n) is 15.9. The largest absolute Gasteiger partial charge is 0.462 e. The van der Waals surface area contributed by atoms with Crippen LogP contribution in [0.2, 0.25) is 0 Å². The minimum absolute atomic E-state index is 0.0894. The summed E-state index contributed by atoms with van der Waals surface area (Å²) in [4.78, 5) is 14.1. The van der Waals surface area contributed by atoms with Crippen LogP contribution in [0, 0.1) is 17.8 Å². The minimum atomic E-state index is -1.78. The summed E-state index contributed by atoms with van der Waals surface area (Å²) in [7, 11) is 0. The molecule has 12 atom stereocenters. The third kappa shape index (κ3) is 5.99. The summed E-state index contributed by atoms with van der Waals surface area (Å²) in [6, 6.07) is 0. The van der Waals surface area contributed by atoms with Crippen LogP contribution in [0.25, 0.3) is 0 Å². The van der Waals surface area contributed by atoms with Gasteiger partial charge in [-0.3, -0.25) is 4.79 Å². The fourth-order valence-electron chi connectivity index (χ4n) is 7.75. The van der Waals surface area contributed by atoms with Crippen molar-refractivity contribution in [3.8, 4) is 0 Å². The third-order valence-corrected chi connectivity index (χ3v) is 10.2. The molecule has 3 saturated heterocycles. The van der Waals surface area contributed by atoms with Gasteiger partial charge in [0.2, 0.25) is 0 Å². The van der Waals surface area contributed by atoms with E-state index in [0.717, 1.165) is 12.0 Å². The van der Waals surface area contributed by atoms with Crippen LogP contribution in [0.1, 0.15) is 80.6 Å².